The Kier molecular flexibility index (Phi) is 5.70. The molecule has 4 nitrogen and oxygen atoms in total. The van der Waals surface area contributed by atoms with Gasteiger partial charge in [-0.05, 0) is 77.2 Å². The highest BCUT2D eigenvalue weighted by molar-refractivity contribution is 6.37. The van der Waals surface area contributed by atoms with E-state index in [2.05, 4.69) is 154 Å². The van der Waals surface area contributed by atoms with E-state index < -0.39 is 0 Å². The molecule has 4 aromatic heterocycles. The van der Waals surface area contributed by atoms with Crippen LogP contribution in [0.1, 0.15) is 41.6 Å². The zero-order valence-corrected chi connectivity index (χ0v) is 28.4. The summed E-state index contributed by atoms with van der Waals surface area (Å²) in [6.45, 7) is 0. The molecule has 2 unspecified atom stereocenters. The number of rotatable bonds is 3. The molecule has 0 amide bonds. The topological polar surface area (TPSA) is 34.6 Å². The van der Waals surface area contributed by atoms with Gasteiger partial charge in [0.2, 0.25) is 0 Å². The van der Waals surface area contributed by atoms with Crippen LogP contribution in [0.15, 0.2) is 158 Å². The molecule has 0 spiro atoms. The number of fused-ring (bicyclic) bond motifs is 13. The SMILES string of the molecule is C1=CCC(c2nc3ccccc3nc2C2=CCC(c3ccc4c(c3)c3c5ccccc5n5c6ccccc6n6c7ccccc7c4c6c35)C=C2)C=C1. The molecule has 12 rings (SSSR count). The minimum Gasteiger partial charge on any atom is -0.305 e. The van der Waals surface area contributed by atoms with E-state index in [0.717, 1.165) is 40.8 Å². The molecular formula is C48H32N4. The first-order valence-corrected chi connectivity index (χ1v) is 18.3. The van der Waals surface area contributed by atoms with Gasteiger partial charge in [-0.3, -0.25) is 0 Å². The highest BCUT2D eigenvalue weighted by Gasteiger charge is 2.26. The van der Waals surface area contributed by atoms with E-state index >= 15 is 0 Å². The molecule has 6 aromatic carbocycles. The van der Waals surface area contributed by atoms with Crippen LogP contribution in [0.4, 0.5) is 0 Å². The summed E-state index contributed by atoms with van der Waals surface area (Å²) in [6.07, 6.45) is 17.7. The van der Waals surface area contributed by atoms with E-state index in [4.69, 9.17) is 9.97 Å². The van der Waals surface area contributed by atoms with Gasteiger partial charge < -0.3 is 8.80 Å². The Labute approximate surface area is 299 Å². The largest absolute Gasteiger partial charge is 0.305 e. The first kappa shape index (κ1) is 28.2. The van der Waals surface area contributed by atoms with Crippen molar-refractivity contribution in [2.24, 2.45) is 0 Å². The monoisotopic (exact) mass is 664 g/mol. The number of hydrogen-bond acceptors (Lipinski definition) is 2. The Morgan fingerprint density at radius 2 is 1.15 bits per heavy atom. The van der Waals surface area contributed by atoms with Gasteiger partial charge in [-0.25, -0.2) is 9.97 Å². The summed E-state index contributed by atoms with van der Waals surface area (Å²) in [5.74, 6) is 0.479. The molecule has 4 heteroatoms. The third-order valence-electron chi connectivity index (χ3n) is 11.7. The van der Waals surface area contributed by atoms with Gasteiger partial charge in [0.1, 0.15) is 0 Å². The third-order valence-corrected chi connectivity index (χ3v) is 11.7. The summed E-state index contributed by atoms with van der Waals surface area (Å²) in [6, 6.07) is 42.2. The maximum absolute atomic E-state index is 5.21. The van der Waals surface area contributed by atoms with E-state index in [1.54, 1.807) is 0 Å². The smallest absolute Gasteiger partial charge is 0.0928 e. The highest BCUT2D eigenvalue weighted by atomic mass is 15.0. The molecule has 244 valence electrons. The van der Waals surface area contributed by atoms with Gasteiger partial charge in [-0.1, -0.05) is 115 Å². The second-order valence-electron chi connectivity index (χ2n) is 14.4. The van der Waals surface area contributed by atoms with Gasteiger partial charge in [0, 0.05) is 33.4 Å². The quantitative estimate of drug-likeness (QED) is 0.176. The van der Waals surface area contributed by atoms with Crippen LogP contribution in [0.2, 0.25) is 0 Å². The lowest BCUT2D eigenvalue weighted by molar-refractivity contribution is 0.807. The van der Waals surface area contributed by atoms with Crippen molar-refractivity contribution < 1.29 is 0 Å². The van der Waals surface area contributed by atoms with Gasteiger partial charge >= 0.3 is 0 Å². The molecular weight excluding hydrogens is 633 g/mol. The number of aromatic nitrogens is 4. The van der Waals surface area contributed by atoms with Crippen molar-refractivity contribution in [1.82, 2.24) is 18.8 Å². The Balaban J connectivity index is 1.06. The predicted molar refractivity (Wildman–Crippen MR) is 217 cm³/mol. The normalized spacial score (nSPS) is 17.7. The number of hydrogen-bond donors (Lipinski definition) is 0. The lowest BCUT2D eigenvalue weighted by atomic mass is 9.85. The molecule has 0 bridgehead atoms. The maximum Gasteiger partial charge on any atom is 0.0928 e. The van der Waals surface area contributed by atoms with Crippen molar-refractivity contribution in [3.63, 3.8) is 0 Å². The minimum atomic E-state index is 0.218. The summed E-state index contributed by atoms with van der Waals surface area (Å²) in [4.78, 5) is 10.4. The Hall–Kier alpha value is -6.52. The standard InChI is InChI=1S/C48H32N4/c1-2-12-30(13-3-1)45-46(50-38-17-7-6-16-37(38)49-45)31-24-22-29(23-25-31)32-26-27-33-36(28-32)44-35-15-5-9-19-40(35)52-42-21-11-10-20-41(42)51-39-18-8-4-14-34(39)43(33)47(51)48(44)52/h1-12,14-22,24-30H,13,23H2. The first-order valence-electron chi connectivity index (χ1n) is 18.3. The van der Waals surface area contributed by atoms with E-state index in [-0.39, 0.29) is 11.8 Å². The molecule has 0 saturated carbocycles. The van der Waals surface area contributed by atoms with Gasteiger partial charge in [0.05, 0.1) is 55.5 Å². The van der Waals surface area contributed by atoms with E-state index in [1.165, 1.54) is 71.0 Å². The van der Waals surface area contributed by atoms with E-state index in [1.807, 2.05) is 12.1 Å². The summed E-state index contributed by atoms with van der Waals surface area (Å²) < 4.78 is 5.02. The molecule has 10 aromatic rings. The predicted octanol–water partition coefficient (Wildman–Crippen LogP) is 12.1. The average Bonchev–Trinajstić information content (AvgIpc) is 3.75. The fourth-order valence-electron chi connectivity index (χ4n) is 9.34. The Morgan fingerprint density at radius 3 is 1.81 bits per heavy atom. The first-order chi connectivity index (χ1) is 25.8. The van der Waals surface area contributed by atoms with Crippen molar-refractivity contribution in [1.29, 1.82) is 0 Å². The van der Waals surface area contributed by atoms with Crippen molar-refractivity contribution >= 4 is 82.0 Å². The molecule has 2 atom stereocenters. The van der Waals surface area contributed by atoms with Gasteiger partial charge in [0.25, 0.3) is 0 Å². The number of nitrogens with zero attached hydrogens (tertiary/aromatic N) is 4. The summed E-state index contributed by atoms with van der Waals surface area (Å²) in [5, 5.41) is 7.89. The molecule has 2 aliphatic rings. The van der Waals surface area contributed by atoms with E-state index in [0.29, 0.717) is 0 Å². The van der Waals surface area contributed by atoms with Crippen molar-refractivity contribution in [3.05, 3.63) is 175 Å². The zero-order chi connectivity index (χ0) is 33.9. The van der Waals surface area contributed by atoms with Crippen LogP contribution >= 0.6 is 0 Å². The summed E-state index contributed by atoms with van der Waals surface area (Å²) in [5.41, 5.74) is 14.0. The van der Waals surface area contributed by atoms with E-state index in [9.17, 15) is 0 Å². The maximum atomic E-state index is 5.21. The van der Waals surface area contributed by atoms with Crippen LogP contribution in [0.25, 0.3) is 82.0 Å². The van der Waals surface area contributed by atoms with Crippen molar-refractivity contribution in [2.75, 3.05) is 0 Å². The number of para-hydroxylation sites is 6. The van der Waals surface area contributed by atoms with Crippen LogP contribution in [0.5, 0.6) is 0 Å². The number of benzene rings is 6. The minimum absolute atomic E-state index is 0.218. The molecule has 4 heterocycles. The van der Waals surface area contributed by atoms with Gasteiger partial charge in [-0.2, -0.15) is 0 Å². The summed E-state index contributed by atoms with van der Waals surface area (Å²) >= 11 is 0. The second-order valence-corrected chi connectivity index (χ2v) is 14.4. The third kappa shape index (κ3) is 3.76. The van der Waals surface area contributed by atoms with Crippen LogP contribution in [0.3, 0.4) is 0 Å². The lowest BCUT2D eigenvalue weighted by Gasteiger charge is -2.21. The summed E-state index contributed by atoms with van der Waals surface area (Å²) in [7, 11) is 0. The van der Waals surface area contributed by atoms with Crippen LogP contribution in [0, 0.1) is 0 Å². The van der Waals surface area contributed by atoms with Crippen LogP contribution in [-0.2, 0) is 0 Å². The molecule has 0 radical (unpaired) electrons. The molecule has 0 saturated heterocycles. The van der Waals surface area contributed by atoms with Gasteiger partial charge in [0.15, 0.2) is 0 Å². The molecule has 0 aliphatic heterocycles. The fraction of sp³-hybridized carbons (Fsp3) is 0.0833. The fourth-order valence-corrected chi connectivity index (χ4v) is 9.34. The molecule has 0 fully saturated rings. The lowest BCUT2D eigenvalue weighted by Crippen LogP contribution is -2.08. The average molecular weight is 665 g/mol. The van der Waals surface area contributed by atoms with Crippen LogP contribution in [-0.4, -0.2) is 18.8 Å². The zero-order valence-electron chi connectivity index (χ0n) is 28.4. The Bertz CT molecular complexity index is 3250. The second kappa shape index (κ2) is 10.5. The Morgan fingerprint density at radius 1 is 0.519 bits per heavy atom. The van der Waals surface area contributed by atoms with Crippen molar-refractivity contribution in [3.8, 4) is 0 Å². The van der Waals surface area contributed by atoms with Gasteiger partial charge in [-0.15, -0.1) is 0 Å². The number of allylic oxidation sites excluding steroid dienone is 8. The van der Waals surface area contributed by atoms with Crippen molar-refractivity contribution in [2.45, 2.75) is 24.7 Å². The molecule has 0 N–H and O–H groups in total. The molecule has 52 heavy (non-hydrogen) atoms. The molecule has 2 aliphatic carbocycles. The van der Waals surface area contributed by atoms with Crippen LogP contribution < -0.4 is 0 Å². The highest BCUT2D eigenvalue weighted by Crippen LogP contribution is 2.47.